The van der Waals surface area contributed by atoms with Gasteiger partial charge in [-0.25, -0.2) is 14.5 Å². The average Bonchev–Trinajstić information content (AvgIpc) is 2.84. The topological polar surface area (TPSA) is 77.2 Å². The highest BCUT2D eigenvalue weighted by molar-refractivity contribution is 6.33. The fraction of sp³-hybridized carbons (Fsp3) is 0.308. The van der Waals surface area contributed by atoms with Crippen LogP contribution in [-0.4, -0.2) is 25.8 Å². The van der Waals surface area contributed by atoms with Crippen molar-refractivity contribution < 1.29 is 14.6 Å². The summed E-state index contributed by atoms with van der Waals surface area (Å²) in [6.07, 6.45) is 1.44. The summed E-state index contributed by atoms with van der Waals surface area (Å²) in [5.41, 5.74) is -0.0511. The molecular weight excluding hydrogens is 282 g/mol. The predicted octanol–water partition coefficient (Wildman–Crippen LogP) is 2.79. The molecule has 106 valence electrons. The van der Waals surface area contributed by atoms with Crippen LogP contribution in [0, 0.1) is 0 Å². The monoisotopic (exact) mass is 295 g/mol. The second-order valence-electron chi connectivity index (χ2n) is 4.42. The summed E-state index contributed by atoms with van der Waals surface area (Å²) in [4.78, 5) is 15.3. The Morgan fingerprint density at radius 2 is 2.25 bits per heavy atom. The van der Waals surface area contributed by atoms with E-state index in [0.29, 0.717) is 5.82 Å². The van der Waals surface area contributed by atoms with E-state index in [-0.39, 0.29) is 29.0 Å². The first-order valence-electron chi connectivity index (χ1n) is 6.03. The summed E-state index contributed by atoms with van der Waals surface area (Å²) in [5.74, 6) is -0.296. The zero-order chi connectivity index (χ0) is 14.7. The van der Waals surface area contributed by atoms with E-state index in [0.717, 1.165) is 0 Å². The first-order chi connectivity index (χ1) is 9.50. The summed E-state index contributed by atoms with van der Waals surface area (Å²) in [5, 5.41) is 13.4. The van der Waals surface area contributed by atoms with Gasteiger partial charge in [-0.05, 0) is 26.0 Å². The maximum absolute atomic E-state index is 11.2. The Morgan fingerprint density at radius 3 is 2.90 bits per heavy atom. The first kappa shape index (κ1) is 14.3. The van der Waals surface area contributed by atoms with Crippen molar-refractivity contribution in [2.24, 2.45) is 0 Å². The maximum Gasteiger partial charge on any atom is 0.341 e. The lowest BCUT2D eigenvalue weighted by molar-refractivity contribution is 0.0691. The summed E-state index contributed by atoms with van der Waals surface area (Å²) >= 11 is 5.87. The van der Waals surface area contributed by atoms with Gasteiger partial charge in [-0.15, -0.1) is 0 Å². The SMILES string of the molecule is CC(C)n1ncnc1COc1cccc(Cl)c1C(=O)O. The molecule has 0 fully saturated rings. The van der Waals surface area contributed by atoms with Gasteiger partial charge in [-0.1, -0.05) is 17.7 Å². The number of ether oxygens (including phenoxy) is 1. The molecule has 0 aliphatic rings. The Bertz CT molecular complexity index is 625. The van der Waals surface area contributed by atoms with Gasteiger partial charge in [0.2, 0.25) is 0 Å². The van der Waals surface area contributed by atoms with Crippen molar-refractivity contribution >= 4 is 17.6 Å². The average molecular weight is 296 g/mol. The Kier molecular flexibility index (Phi) is 4.24. The number of aromatic carboxylic acids is 1. The Morgan fingerprint density at radius 1 is 1.50 bits per heavy atom. The minimum absolute atomic E-state index is 0.0511. The van der Waals surface area contributed by atoms with Crippen LogP contribution in [0.2, 0.25) is 5.02 Å². The Labute approximate surface area is 121 Å². The lowest BCUT2D eigenvalue weighted by Gasteiger charge is -2.12. The summed E-state index contributed by atoms with van der Waals surface area (Å²) in [6.45, 7) is 4.07. The van der Waals surface area contributed by atoms with Gasteiger partial charge in [0.1, 0.15) is 24.2 Å². The number of hydrogen-bond donors (Lipinski definition) is 1. The van der Waals surface area contributed by atoms with E-state index >= 15 is 0 Å². The molecule has 2 rings (SSSR count). The highest BCUT2D eigenvalue weighted by Gasteiger charge is 2.16. The quantitative estimate of drug-likeness (QED) is 0.917. The molecule has 1 aromatic heterocycles. The number of nitrogens with zero attached hydrogens (tertiary/aromatic N) is 3. The van der Waals surface area contributed by atoms with Gasteiger partial charge >= 0.3 is 5.97 Å². The number of hydrogen-bond acceptors (Lipinski definition) is 4. The van der Waals surface area contributed by atoms with Gasteiger partial charge in [0.15, 0.2) is 5.82 Å². The molecule has 0 aliphatic carbocycles. The minimum atomic E-state index is -1.13. The largest absolute Gasteiger partial charge is 0.485 e. The first-order valence-corrected chi connectivity index (χ1v) is 6.41. The van der Waals surface area contributed by atoms with Crippen LogP contribution < -0.4 is 4.74 Å². The van der Waals surface area contributed by atoms with Crippen LogP contribution in [0.3, 0.4) is 0 Å². The molecule has 1 heterocycles. The van der Waals surface area contributed by atoms with Crippen molar-refractivity contribution in [3.05, 3.63) is 40.9 Å². The van der Waals surface area contributed by atoms with Crippen LogP contribution in [-0.2, 0) is 6.61 Å². The molecule has 0 aliphatic heterocycles. The summed E-state index contributed by atoms with van der Waals surface area (Å²) in [7, 11) is 0. The standard InChI is InChI=1S/C13H14ClN3O3/c1-8(2)17-11(15-7-16-17)6-20-10-5-3-4-9(14)12(10)13(18)19/h3-5,7-8H,6H2,1-2H3,(H,18,19). The number of carboxylic acids is 1. The second-order valence-corrected chi connectivity index (χ2v) is 4.83. The van der Waals surface area contributed by atoms with Crippen LogP contribution in [0.15, 0.2) is 24.5 Å². The molecular formula is C13H14ClN3O3. The molecule has 1 aromatic carbocycles. The van der Waals surface area contributed by atoms with Gasteiger partial charge in [0.05, 0.1) is 5.02 Å². The van der Waals surface area contributed by atoms with Crippen molar-refractivity contribution in [3.8, 4) is 5.75 Å². The molecule has 0 saturated heterocycles. The molecule has 0 radical (unpaired) electrons. The maximum atomic E-state index is 11.2. The number of benzene rings is 1. The van der Waals surface area contributed by atoms with Gasteiger partial charge in [0.25, 0.3) is 0 Å². The fourth-order valence-electron chi connectivity index (χ4n) is 1.78. The molecule has 0 saturated carbocycles. The molecule has 7 heteroatoms. The van der Waals surface area contributed by atoms with Gasteiger partial charge in [0, 0.05) is 6.04 Å². The molecule has 6 nitrogen and oxygen atoms in total. The van der Waals surface area contributed by atoms with E-state index in [2.05, 4.69) is 10.1 Å². The van der Waals surface area contributed by atoms with Crippen molar-refractivity contribution in [2.75, 3.05) is 0 Å². The number of carbonyl (C=O) groups is 1. The number of rotatable bonds is 5. The molecule has 2 aromatic rings. The van der Waals surface area contributed by atoms with Crippen molar-refractivity contribution in [1.29, 1.82) is 0 Å². The van der Waals surface area contributed by atoms with Crippen LogP contribution in [0.1, 0.15) is 36.1 Å². The normalized spacial score (nSPS) is 10.8. The van der Waals surface area contributed by atoms with E-state index in [1.54, 1.807) is 16.8 Å². The van der Waals surface area contributed by atoms with Crippen LogP contribution >= 0.6 is 11.6 Å². The number of aromatic nitrogens is 3. The molecule has 1 N–H and O–H groups in total. The fourth-order valence-corrected chi connectivity index (χ4v) is 2.03. The zero-order valence-corrected chi connectivity index (χ0v) is 11.8. The lowest BCUT2D eigenvalue weighted by atomic mass is 10.2. The number of halogens is 1. The third kappa shape index (κ3) is 2.91. The summed E-state index contributed by atoms with van der Waals surface area (Å²) < 4.78 is 7.24. The summed E-state index contributed by atoms with van der Waals surface area (Å²) in [6, 6.07) is 4.85. The van der Waals surface area contributed by atoms with E-state index in [9.17, 15) is 4.79 Å². The van der Waals surface area contributed by atoms with Gasteiger partial charge in [-0.2, -0.15) is 5.10 Å². The van der Waals surface area contributed by atoms with Crippen molar-refractivity contribution in [2.45, 2.75) is 26.5 Å². The van der Waals surface area contributed by atoms with Gasteiger partial charge < -0.3 is 9.84 Å². The smallest absolute Gasteiger partial charge is 0.341 e. The Balaban J connectivity index is 2.21. The highest BCUT2D eigenvalue weighted by Crippen LogP contribution is 2.27. The van der Waals surface area contributed by atoms with E-state index in [1.807, 2.05) is 13.8 Å². The predicted molar refractivity (Wildman–Crippen MR) is 73.2 cm³/mol. The molecule has 0 atom stereocenters. The van der Waals surface area contributed by atoms with Gasteiger partial charge in [-0.3, -0.25) is 0 Å². The zero-order valence-electron chi connectivity index (χ0n) is 11.1. The highest BCUT2D eigenvalue weighted by atomic mass is 35.5. The van der Waals surface area contributed by atoms with Crippen molar-refractivity contribution in [1.82, 2.24) is 14.8 Å². The van der Waals surface area contributed by atoms with E-state index < -0.39 is 5.97 Å². The number of carboxylic acid groups (broad SMARTS) is 1. The molecule has 0 amide bonds. The minimum Gasteiger partial charge on any atom is -0.485 e. The third-order valence-corrected chi connectivity index (χ3v) is 3.00. The van der Waals surface area contributed by atoms with E-state index in [1.165, 1.54) is 12.4 Å². The molecule has 20 heavy (non-hydrogen) atoms. The van der Waals surface area contributed by atoms with Crippen LogP contribution in [0.4, 0.5) is 0 Å². The molecule has 0 bridgehead atoms. The second kappa shape index (κ2) is 5.92. The molecule has 0 unspecified atom stereocenters. The van der Waals surface area contributed by atoms with Crippen LogP contribution in [0.25, 0.3) is 0 Å². The van der Waals surface area contributed by atoms with E-state index in [4.69, 9.17) is 21.4 Å². The van der Waals surface area contributed by atoms with Crippen molar-refractivity contribution in [3.63, 3.8) is 0 Å². The molecule has 0 spiro atoms. The van der Waals surface area contributed by atoms with Crippen LogP contribution in [0.5, 0.6) is 5.75 Å². The third-order valence-electron chi connectivity index (χ3n) is 2.68. The lowest BCUT2D eigenvalue weighted by Crippen LogP contribution is -2.12. The Hall–Kier alpha value is -2.08.